The number of fused-ring (bicyclic) bond motifs is 1. The minimum Gasteiger partial charge on any atom is -0.497 e. The maximum atomic E-state index is 13.2. The molecule has 3 aromatic rings. The third-order valence-corrected chi connectivity index (χ3v) is 6.13. The molecule has 5 heteroatoms. The summed E-state index contributed by atoms with van der Waals surface area (Å²) in [6.07, 6.45) is 4.69. The monoisotopic (exact) mass is 404 g/mol. The zero-order valence-corrected chi connectivity index (χ0v) is 17.6. The van der Waals surface area contributed by atoms with Crippen LogP contribution in [0, 0.1) is 5.92 Å². The van der Waals surface area contributed by atoms with Crippen LogP contribution < -0.4 is 10.2 Å². The van der Waals surface area contributed by atoms with Crippen molar-refractivity contribution >= 4 is 16.8 Å². The Morgan fingerprint density at radius 1 is 1.10 bits per heavy atom. The van der Waals surface area contributed by atoms with E-state index in [-0.39, 0.29) is 16.9 Å². The lowest BCUT2D eigenvalue weighted by atomic mass is 9.90. The van der Waals surface area contributed by atoms with E-state index >= 15 is 0 Å². The van der Waals surface area contributed by atoms with E-state index in [1.54, 1.807) is 19.4 Å². The average molecular weight is 405 g/mol. The quantitative estimate of drug-likeness (QED) is 0.643. The summed E-state index contributed by atoms with van der Waals surface area (Å²) in [4.78, 5) is 28.2. The van der Waals surface area contributed by atoms with E-state index in [1.807, 2.05) is 34.6 Å². The number of nitrogens with zero attached hydrogens (tertiary/aromatic N) is 2. The first kappa shape index (κ1) is 20.2. The summed E-state index contributed by atoms with van der Waals surface area (Å²) in [5, 5.41) is 0.529. The summed E-state index contributed by atoms with van der Waals surface area (Å²) < 4.78 is 7.25. The average Bonchev–Trinajstić information content (AvgIpc) is 2.80. The fourth-order valence-electron chi connectivity index (χ4n) is 4.38. The maximum Gasteiger partial charge on any atom is 0.259 e. The Morgan fingerprint density at radius 2 is 1.83 bits per heavy atom. The van der Waals surface area contributed by atoms with Crippen LogP contribution in [-0.2, 0) is 13.0 Å². The first-order chi connectivity index (χ1) is 14.6. The predicted molar refractivity (Wildman–Crippen MR) is 119 cm³/mol. The predicted octanol–water partition coefficient (Wildman–Crippen LogP) is 4.12. The van der Waals surface area contributed by atoms with Crippen molar-refractivity contribution in [3.63, 3.8) is 0 Å². The molecular formula is C25H28N2O3. The summed E-state index contributed by atoms with van der Waals surface area (Å²) in [6.45, 7) is 4.08. The fraction of sp³-hybridized carbons (Fsp3) is 0.360. The van der Waals surface area contributed by atoms with Gasteiger partial charge in [-0.2, -0.15) is 0 Å². The number of aromatic nitrogens is 1. The standard InChI is InChI=1S/C25H28N2O3/c1-3-26-17-22(24(28)21-16-20(30-2)9-10-23(21)26)25(29)27-13-11-19(12-14-27)15-18-7-5-4-6-8-18/h4-10,16-17,19H,3,11-15H2,1-2H3. The molecule has 1 aromatic heterocycles. The van der Waals surface area contributed by atoms with Crippen LogP contribution in [0.4, 0.5) is 0 Å². The number of methoxy groups -OCH3 is 1. The van der Waals surface area contributed by atoms with Crippen molar-refractivity contribution in [3.8, 4) is 5.75 Å². The van der Waals surface area contributed by atoms with Gasteiger partial charge in [0.1, 0.15) is 11.3 Å². The number of aryl methyl sites for hydroxylation is 1. The number of hydrogen-bond donors (Lipinski definition) is 0. The Balaban J connectivity index is 1.55. The molecule has 1 aliphatic rings. The van der Waals surface area contributed by atoms with Crippen LogP contribution in [0.15, 0.2) is 59.5 Å². The van der Waals surface area contributed by atoms with E-state index in [0.29, 0.717) is 36.7 Å². The molecule has 4 rings (SSSR count). The number of likely N-dealkylation sites (tertiary alicyclic amines) is 1. The van der Waals surface area contributed by atoms with Crippen molar-refractivity contribution < 1.29 is 9.53 Å². The summed E-state index contributed by atoms with van der Waals surface area (Å²) in [6, 6.07) is 15.9. The van der Waals surface area contributed by atoms with E-state index < -0.39 is 0 Å². The van der Waals surface area contributed by atoms with Gasteiger partial charge in [-0.3, -0.25) is 9.59 Å². The van der Waals surface area contributed by atoms with Gasteiger partial charge < -0.3 is 14.2 Å². The Hall–Kier alpha value is -3.08. The van der Waals surface area contributed by atoms with Crippen molar-refractivity contribution in [2.24, 2.45) is 5.92 Å². The van der Waals surface area contributed by atoms with Crippen LogP contribution in [0.5, 0.6) is 5.75 Å². The number of carbonyl (C=O) groups is 1. The van der Waals surface area contributed by atoms with Crippen LogP contribution in [0.25, 0.3) is 10.9 Å². The van der Waals surface area contributed by atoms with Gasteiger partial charge >= 0.3 is 0 Å². The fourth-order valence-corrected chi connectivity index (χ4v) is 4.38. The van der Waals surface area contributed by atoms with Gasteiger partial charge in [-0.15, -0.1) is 0 Å². The molecule has 0 N–H and O–H groups in total. The van der Waals surface area contributed by atoms with Crippen LogP contribution in [-0.4, -0.2) is 35.6 Å². The van der Waals surface area contributed by atoms with Gasteiger partial charge in [0.2, 0.25) is 5.43 Å². The molecular weight excluding hydrogens is 376 g/mol. The Bertz CT molecular complexity index is 1100. The number of amides is 1. The summed E-state index contributed by atoms with van der Waals surface area (Å²) in [5.41, 5.74) is 2.20. The van der Waals surface area contributed by atoms with Crippen molar-refractivity contribution in [3.05, 3.63) is 76.1 Å². The molecule has 0 radical (unpaired) electrons. The molecule has 0 saturated carbocycles. The normalized spacial score (nSPS) is 14.8. The molecule has 1 amide bonds. The topological polar surface area (TPSA) is 51.5 Å². The van der Waals surface area contributed by atoms with Crippen molar-refractivity contribution in [1.82, 2.24) is 9.47 Å². The SMILES string of the molecule is CCn1cc(C(=O)N2CCC(Cc3ccccc3)CC2)c(=O)c2cc(OC)ccc21. The van der Waals surface area contributed by atoms with E-state index in [1.165, 1.54) is 5.56 Å². The third kappa shape index (κ3) is 3.97. The number of carbonyl (C=O) groups excluding carboxylic acids is 1. The van der Waals surface area contributed by atoms with Gasteiger partial charge in [-0.25, -0.2) is 0 Å². The lowest BCUT2D eigenvalue weighted by Gasteiger charge is -2.32. The molecule has 1 fully saturated rings. The number of pyridine rings is 1. The number of rotatable bonds is 5. The second-order valence-corrected chi connectivity index (χ2v) is 7.97. The van der Waals surface area contributed by atoms with Gasteiger partial charge in [0, 0.05) is 25.8 Å². The zero-order chi connectivity index (χ0) is 21.1. The second kappa shape index (κ2) is 8.74. The smallest absolute Gasteiger partial charge is 0.259 e. The molecule has 1 saturated heterocycles. The van der Waals surface area contributed by atoms with E-state index in [4.69, 9.17) is 4.74 Å². The summed E-state index contributed by atoms with van der Waals surface area (Å²) in [5.74, 6) is 1.03. The number of ether oxygens (including phenoxy) is 1. The molecule has 30 heavy (non-hydrogen) atoms. The Kier molecular flexibility index (Phi) is 5.88. The molecule has 2 aromatic carbocycles. The lowest BCUT2D eigenvalue weighted by molar-refractivity contribution is 0.0688. The van der Waals surface area contributed by atoms with E-state index in [9.17, 15) is 9.59 Å². The number of piperidine rings is 1. The number of benzene rings is 2. The minimum atomic E-state index is -0.218. The lowest BCUT2D eigenvalue weighted by Crippen LogP contribution is -2.41. The molecule has 0 unspecified atom stereocenters. The van der Waals surface area contributed by atoms with Gasteiger partial charge in [0.15, 0.2) is 0 Å². The summed E-state index contributed by atoms with van der Waals surface area (Å²) >= 11 is 0. The van der Waals surface area contributed by atoms with E-state index in [2.05, 4.69) is 24.3 Å². The Labute approximate surface area is 176 Å². The molecule has 0 bridgehead atoms. The van der Waals surface area contributed by atoms with Crippen molar-refractivity contribution in [2.45, 2.75) is 32.7 Å². The second-order valence-electron chi connectivity index (χ2n) is 7.97. The van der Waals surface area contributed by atoms with E-state index in [0.717, 1.165) is 24.8 Å². The molecule has 1 aliphatic heterocycles. The molecule has 2 heterocycles. The summed E-state index contributed by atoms with van der Waals surface area (Å²) in [7, 11) is 1.58. The van der Waals surface area contributed by atoms with Gasteiger partial charge in [0.05, 0.1) is 18.0 Å². The molecule has 0 spiro atoms. The zero-order valence-electron chi connectivity index (χ0n) is 17.6. The Morgan fingerprint density at radius 3 is 2.50 bits per heavy atom. The van der Waals surface area contributed by atoms with Gasteiger partial charge in [-0.05, 0) is 55.9 Å². The molecule has 0 aliphatic carbocycles. The third-order valence-electron chi connectivity index (χ3n) is 6.13. The van der Waals surface area contributed by atoms with Crippen LogP contribution in [0.2, 0.25) is 0 Å². The highest BCUT2D eigenvalue weighted by molar-refractivity contribution is 5.97. The highest BCUT2D eigenvalue weighted by Gasteiger charge is 2.26. The highest BCUT2D eigenvalue weighted by atomic mass is 16.5. The van der Waals surface area contributed by atoms with Crippen LogP contribution in [0.1, 0.15) is 35.7 Å². The molecule has 0 atom stereocenters. The minimum absolute atomic E-state index is 0.162. The maximum absolute atomic E-state index is 13.2. The molecule has 156 valence electrons. The van der Waals surface area contributed by atoms with Gasteiger partial charge in [0.25, 0.3) is 5.91 Å². The number of hydrogen-bond acceptors (Lipinski definition) is 3. The van der Waals surface area contributed by atoms with Crippen LogP contribution >= 0.6 is 0 Å². The largest absolute Gasteiger partial charge is 0.497 e. The van der Waals surface area contributed by atoms with Crippen molar-refractivity contribution in [2.75, 3.05) is 20.2 Å². The first-order valence-electron chi connectivity index (χ1n) is 10.6. The molecule has 5 nitrogen and oxygen atoms in total. The first-order valence-corrected chi connectivity index (χ1v) is 10.6. The van der Waals surface area contributed by atoms with Gasteiger partial charge in [-0.1, -0.05) is 30.3 Å². The van der Waals surface area contributed by atoms with Crippen molar-refractivity contribution in [1.29, 1.82) is 0 Å². The highest BCUT2D eigenvalue weighted by Crippen LogP contribution is 2.24. The van der Waals surface area contributed by atoms with Crippen LogP contribution in [0.3, 0.4) is 0 Å².